The van der Waals surface area contributed by atoms with E-state index in [0.29, 0.717) is 12.5 Å². The van der Waals surface area contributed by atoms with Crippen LogP contribution in [0.4, 0.5) is 0 Å². The van der Waals surface area contributed by atoms with Gasteiger partial charge in [-0.3, -0.25) is 4.79 Å². The highest BCUT2D eigenvalue weighted by molar-refractivity contribution is 5.72. The van der Waals surface area contributed by atoms with Gasteiger partial charge in [0, 0.05) is 0 Å². The number of aliphatic hydroxyl groups is 1. The normalized spacial score (nSPS) is 12.9. The van der Waals surface area contributed by atoms with Gasteiger partial charge in [-0.05, 0) is 5.92 Å². The van der Waals surface area contributed by atoms with Crippen LogP contribution in [0.5, 0.6) is 0 Å². The minimum Gasteiger partial charge on any atom is -0.463 e. The standard InChI is InChI=1S/C10H20O4/c1-8(2)9(3)10(12)14-7-6-13-5-4-11/h8-9,11H,4-7H2,1-3H3. The van der Waals surface area contributed by atoms with Gasteiger partial charge in [-0.15, -0.1) is 0 Å². The minimum atomic E-state index is -0.187. The summed E-state index contributed by atoms with van der Waals surface area (Å²) >= 11 is 0. The highest BCUT2D eigenvalue weighted by Gasteiger charge is 2.17. The highest BCUT2D eigenvalue weighted by atomic mass is 16.6. The molecule has 84 valence electrons. The molecule has 0 bridgehead atoms. The van der Waals surface area contributed by atoms with Gasteiger partial charge in [0.25, 0.3) is 0 Å². The molecule has 0 fully saturated rings. The number of carbonyl (C=O) groups is 1. The molecule has 14 heavy (non-hydrogen) atoms. The summed E-state index contributed by atoms with van der Waals surface area (Å²) < 4.78 is 9.91. The second kappa shape index (κ2) is 7.76. The van der Waals surface area contributed by atoms with Crippen LogP contribution in [0.3, 0.4) is 0 Å². The molecule has 0 aliphatic heterocycles. The van der Waals surface area contributed by atoms with E-state index in [4.69, 9.17) is 14.6 Å². The minimum absolute atomic E-state index is 0.00363. The Bertz CT molecular complexity index is 156. The quantitative estimate of drug-likeness (QED) is 0.493. The third-order valence-electron chi connectivity index (χ3n) is 2.08. The Balaban J connectivity index is 3.44. The first-order chi connectivity index (χ1) is 6.59. The first-order valence-electron chi connectivity index (χ1n) is 4.94. The monoisotopic (exact) mass is 204 g/mol. The molecule has 1 unspecified atom stereocenters. The zero-order valence-corrected chi connectivity index (χ0v) is 9.16. The van der Waals surface area contributed by atoms with Gasteiger partial charge in [0.05, 0.1) is 25.7 Å². The number of rotatable bonds is 7. The molecule has 0 spiro atoms. The van der Waals surface area contributed by atoms with Crippen LogP contribution >= 0.6 is 0 Å². The second-order valence-electron chi connectivity index (χ2n) is 3.54. The number of hydrogen-bond acceptors (Lipinski definition) is 4. The number of esters is 1. The molecular weight excluding hydrogens is 184 g/mol. The van der Waals surface area contributed by atoms with Crippen molar-refractivity contribution >= 4 is 5.97 Å². The van der Waals surface area contributed by atoms with Gasteiger partial charge in [-0.25, -0.2) is 0 Å². The maximum absolute atomic E-state index is 11.3. The lowest BCUT2D eigenvalue weighted by Crippen LogP contribution is -2.21. The number of hydrogen-bond donors (Lipinski definition) is 1. The van der Waals surface area contributed by atoms with Crippen molar-refractivity contribution in [2.45, 2.75) is 20.8 Å². The smallest absolute Gasteiger partial charge is 0.308 e. The Morgan fingerprint density at radius 3 is 2.36 bits per heavy atom. The average Bonchev–Trinajstić information content (AvgIpc) is 2.16. The average molecular weight is 204 g/mol. The van der Waals surface area contributed by atoms with Crippen molar-refractivity contribution in [3.63, 3.8) is 0 Å². The van der Waals surface area contributed by atoms with E-state index in [2.05, 4.69) is 0 Å². The van der Waals surface area contributed by atoms with Gasteiger partial charge >= 0.3 is 5.97 Å². The first-order valence-corrected chi connectivity index (χ1v) is 4.94. The summed E-state index contributed by atoms with van der Waals surface area (Å²) in [5.74, 6) is 0.0290. The Labute approximate surface area is 85.2 Å². The predicted octanol–water partition coefficient (Wildman–Crippen LogP) is 0.831. The molecule has 0 aromatic heterocycles. The Morgan fingerprint density at radius 1 is 1.21 bits per heavy atom. The third-order valence-corrected chi connectivity index (χ3v) is 2.08. The Morgan fingerprint density at radius 2 is 1.86 bits per heavy atom. The van der Waals surface area contributed by atoms with Crippen LogP contribution in [0, 0.1) is 11.8 Å². The lowest BCUT2D eigenvalue weighted by atomic mass is 9.99. The van der Waals surface area contributed by atoms with Crippen molar-refractivity contribution < 1.29 is 19.4 Å². The van der Waals surface area contributed by atoms with Crippen molar-refractivity contribution in [1.82, 2.24) is 0 Å². The zero-order chi connectivity index (χ0) is 11.0. The summed E-state index contributed by atoms with van der Waals surface area (Å²) in [4.78, 5) is 11.3. The summed E-state index contributed by atoms with van der Waals surface area (Å²) in [5.41, 5.74) is 0. The Hall–Kier alpha value is -0.610. The molecule has 4 heteroatoms. The zero-order valence-electron chi connectivity index (χ0n) is 9.16. The highest BCUT2D eigenvalue weighted by Crippen LogP contribution is 2.10. The van der Waals surface area contributed by atoms with Crippen molar-refractivity contribution in [3.05, 3.63) is 0 Å². The Kier molecular flexibility index (Phi) is 7.42. The van der Waals surface area contributed by atoms with Crippen LogP contribution in [-0.2, 0) is 14.3 Å². The fourth-order valence-corrected chi connectivity index (χ4v) is 0.771. The fraction of sp³-hybridized carbons (Fsp3) is 0.900. The van der Waals surface area contributed by atoms with E-state index in [9.17, 15) is 4.79 Å². The van der Waals surface area contributed by atoms with Crippen LogP contribution in [-0.4, -0.2) is 37.5 Å². The third kappa shape index (κ3) is 5.94. The predicted molar refractivity (Wildman–Crippen MR) is 52.9 cm³/mol. The van der Waals surface area contributed by atoms with Crippen LogP contribution in [0.15, 0.2) is 0 Å². The molecule has 0 saturated heterocycles. The molecule has 1 N–H and O–H groups in total. The molecule has 0 amide bonds. The SMILES string of the molecule is CC(C)C(C)C(=O)OCCOCCO. The second-order valence-corrected chi connectivity index (χ2v) is 3.54. The summed E-state index contributed by atoms with van der Waals surface area (Å²) in [5, 5.41) is 8.40. The van der Waals surface area contributed by atoms with E-state index >= 15 is 0 Å². The molecule has 0 aliphatic carbocycles. The fourth-order valence-electron chi connectivity index (χ4n) is 0.771. The summed E-state index contributed by atoms with van der Waals surface area (Å²) in [6.07, 6.45) is 0. The molecule has 0 aromatic rings. The van der Waals surface area contributed by atoms with Crippen molar-refractivity contribution in [1.29, 1.82) is 0 Å². The maximum Gasteiger partial charge on any atom is 0.308 e. The van der Waals surface area contributed by atoms with Crippen molar-refractivity contribution in [3.8, 4) is 0 Å². The summed E-state index contributed by atoms with van der Waals surface area (Å²) in [6, 6.07) is 0. The van der Waals surface area contributed by atoms with Gasteiger partial charge in [0.2, 0.25) is 0 Å². The molecule has 0 radical (unpaired) electrons. The molecule has 1 atom stereocenters. The largest absolute Gasteiger partial charge is 0.463 e. The van der Waals surface area contributed by atoms with Crippen molar-refractivity contribution in [2.75, 3.05) is 26.4 Å². The van der Waals surface area contributed by atoms with E-state index in [0.717, 1.165) is 0 Å². The van der Waals surface area contributed by atoms with Gasteiger partial charge < -0.3 is 14.6 Å². The number of ether oxygens (including phenoxy) is 2. The summed E-state index contributed by atoms with van der Waals surface area (Å²) in [7, 11) is 0. The topological polar surface area (TPSA) is 55.8 Å². The van der Waals surface area contributed by atoms with E-state index < -0.39 is 0 Å². The van der Waals surface area contributed by atoms with Gasteiger partial charge in [-0.2, -0.15) is 0 Å². The van der Waals surface area contributed by atoms with Gasteiger partial charge in [-0.1, -0.05) is 20.8 Å². The summed E-state index contributed by atoms with van der Waals surface area (Å²) in [6.45, 7) is 6.70. The molecule has 0 aliphatic rings. The van der Waals surface area contributed by atoms with Crippen LogP contribution in [0.2, 0.25) is 0 Å². The molecule has 0 saturated carbocycles. The van der Waals surface area contributed by atoms with E-state index in [1.807, 2.05) is 20.8 Å². The lowest BCUT2D eigenvalue weighted by molar-refractivity contribution is -0.151. The number of aliphatic hydroxyl groups excluding tert-OH is 1. The van der Waals surface area contributed by atoms with Crippen LogP contribution in [0.25, 0.3) is 0 Å². The van der Waals surface area contributed by atoms with Crippen LogP contribution < -0.4 is 0 Å². The van der Waals surface area contributed by atoms with E-state index in [-0.39, 0.29) is 31.7 Å². The molecule has 0 heterocycles. The molecule has 0 rings (SSSR count). The number of carbonyl (C=O) groups excluding carboxylic acids is 1. The molecule has 4 nitrogen and oxygen atoms in total. The maximum atomic E-state index is 11.3. The van der Waals surface area contributed by atoms with E-state index in [1.165, 1.54) is 0 Å². The van der Waals surface area contributed by atoms with Crippen molar-refractivity contribution in [2.24, 2.45) is 11.8 Å². The molecule has 0 aromatic carbocycles. The lowest BCUT2D eigenvalue weighted by Gasteiger charge is -2.14. The van der Waals surface area contributed by atoms with Gasteiger partial charge in [0.15, 0.2) is 0 Å². The van der Waals surface area contributed by atoms with Crippen LogP contribution in [0.1, 0.15) is 20.8 Å². The molecular formula is C10H20O4. The van der Waals surface area contributed by atoms with E-state index in [1.54, 1.807) is 0 Å². The van der Waals surface area contributed by atoms with Gasteiger partial charge in [0.1, 0.15) is 6.61 Å². The first kappa shape index (κ1) is 13.4.